The zero-order valence-electron chi connectivity index (χ0n) is 11.7. The van der Waals surface area contributed by atoms with Crippen molar-refractivity contribution in [2.75, 3.05) is 0 Å². The van der Waals surface area contributed by atoms with E-state index in [4.69, 9.17) is 4.74 Å². The Morgan fingerprint density at radius 2 is 2.15 bits per heavy atom. The first kappa shape index (κ1) is 13.2. The summed E-state index contributed by atoms with van der Waals surface area (Å²) in [5, 5.41) is 9.24. The number of pyridine rings is 1. The van der Waals surface area contributed by atoms with Gasteiger partial charge in [0.2, 0.25) is 5.88 Å². The van der Waals surface area contributed by atoms with E-state index in [9.17, 15) is 9.90 Å². The largest absolute Gasteiger partial charge is 0.474 e. The predicted molar refractivity (Wildman–Crippen MR) is 73.9 cm³/mol. The van der Waals surface area contributed by atoms with Crippen molar-refractivity contribution >= 4 is 6.09 Å². The van der Waals surface area contributed by atoms with E-state index in [-0.39, 0.29) is 18.2 Å². The highest BCUT2D eigenvalue weighted by atomic mass is 16.5. The molecular formula is C15H20N2O3. The van der Waals surface area contributed by atoms with Crippen molar-refractivity contribution in [2.24, 2.45) is 0 Å². The number of piperidine rings is 1. The number of hydrogen-bond acceptors (Lipinski definition) is 3. The molecule has 0 aliphatic carbocycles. The molecule has 1 N–H and O–H groups in total. The van der Waals surface area contributed by atoms with Crippen molar-refractivity contribution in [3.63, 3.8) is 0 Å². The van der Waals surface area contributed by atoms with Crippen molar-refractivity contribution in [1.29, 1.82) is 0 Å². The van der Waals surface area contributed by atoms with Gasteiger partial charge in [0.05, 0.1) is 0 Å². The highest BCUT2D eigenvalue weighted by Gasteiger charge is 2.44. The molecule has 5 heteroatoms. The Labute approximate surface area is 118 Å². The van der Waals surface area contributed by atoms with Crippen LogP contribution in [0.25, 0.3) is 0 Å². The van der Waals surface area contributed by atoms with Gasteiger partial charge in [0.1, 0.15) is 6.10 Å². The van der Waals surface area contributed by atoms with Crippen LogP contribution < -0.4 is 4.74 Å². The van der Waals surface area contributed by atoms with Gasteiger partial charge in [0.25, 0.3) is 0 Å². The summed E-state index contributed by atoms with van der Waals surface area (Å²) in [4.78, 5) is 17.1. The minimum absolute atomic E-state index is 0.0858. The number of amides is 1. The van der Waals surface area contributed by atoms with Crippen LogP contribution in [0, 0.1) is 0 Å². The van der Waals surface area contributed by atoms with Crippen molar-refractivity contribution in [3.05, 3.63) is 23.9 Å². The van der Waals surface area contributed by atoms with Crippen LogP contribution in [0.15, 0.2) is 18.3 Å². The summed E-state index contributed by atoms with van der Waals surface area (Å²) >= 11 is 0. The van der Waals surface area contributed by atoms with Crippen LogP contribution in [-0.4, -0.2) is 39.3 Å². The lowest BCUT2D eigenvalue weighted by Gasteiger charge is -2.36. The topological polar surface area (TPSA) is 62.7 Å². The highest BCUT2D eigenvalue weighted by molar-refractivity contribution is 5.66. The fourth-order valence-corrected chi connectivity index (χ4v) is 3.44. The van der Waals surface area contributed by atoms with Crippen LogP contribution in [0.2, 0.25) is 0 Å². The van der Waals surface area contributed by atoms with Crippen LogP contribution in [-0.2, 0) is 6.42 Å². The number of aryl methyl sites for hydroxylation is 1. The number of aromatic nitrogens is 1. The Morgan fingerprint density at radius 1 is 1.45 bits per heavy atom. The number of carbonyl (C=O) groups is 1. The van der Waals surface area contributed by atoms with Gasteiger partial charge in [-0.25, -0.2) is 9.78 Å². The molecule has 0 saturated carbocycles. The fourth-order valence-electron chi connectivity index (χ4n) is 3.44. The van der Waals surface area contributed by atoms with Gasteiger partial charge in [-0.2, -0.15) is 0 Å². The summed E-state index contributed by atoms with van der Waals surface area (Å²) < 4.78 is 5.98. The minimum Gasteiger partial charge on any atom is -0.474 e. The number of rotatable bonds is 3. The Kier molecular flexibility index (Phi) is 3.51. The first-order valence-corrected chi connectivity index (χ1v) is 7.30. The third kappa shape index (κ3) is 2.44. The normalized spacial score (nSPS) is 28.4. The molecule has 0 spiro atoms. The van der Waals surface area contributed by atoms with E-state index in [1.165, 1.54) is 5.56 Å². The number of nitrogens with zero attached hydrogens (tertiary/aromatic N) is 2. The third-order valence-electron chi connectivity index (χ3n) is 4.41. The van der Waals surface area contributed by atoms with Crippen LogP contribution >= 0.6 is 0 Å². The lowest BCUT2D eigenvalue weighted by atomic mass is 10.0. The van der Waals surface area contributed by atoms with E-state index in [1.807, 2.05) is 12.1 Å². The third-order valence-corrected chi connectivity index (χ3v) is 4.41. The molecular weight excluding hydrogens is 256 g/mol. The number of hydrogen-bond donors (Lipinski definition) is 1. The second-order valence-corrected chi connectivity index (χ2v) is 5.64. The molecule has 2 bridgehead atoms. The van der Waals surface area contributed by atoms with Gasteiger partial charge in [-0.3, -0.25) is 0 Å². The Bertz CT molecular complexity index is 492. The summed E-state index contributed by atoms with van der Waals surface area (Å²) in [5.74, 6) is 0.664. The molecule has 2 fully saturated rings. The van der Waals surface area contributed by atoms with E-state index in [0.29, 0.717) is 5.88 Å². The van der Waals surface area contributed by atoms with Crippen LogP contribution in [0.4, 0.5) is 4.79 Å². The lowest BCUT2D eigenvalue weighted by Crippen LogP contribution is -2.48. The SMILES string of the molecule is CCc1ccnc(OC2C[C@H]3CC[C@@H](C2)N3C(=O)O)c1. The molecule has 3 atom stereocenters. The Morgan fingerprint density at radius 3 is 2.75 bits per heavy atom. The van der Waals surface area contributed by atoms with Gasteiger partial charge < -0.3 is 14.7 Å². The van der Waals surface area contributed by atoms with Crippen molar-refractivity contribution < 1.29 is 14.6 Å². The molecule has 1 unspecified atom stereocenters. The molecule has 2 saturated heterocycles. The van der Waals surface area contributed by atoms with Crippen LogP contribution in [0.1, 0.15) is 38.2 Å². The molecule has 108 valence electrons. The van der Waals surface area contributed by atoms with Gasteiger partial charge in [-0.05, 0) is 30.9 Å². The fraction of sp³-hybridized carbons (Fsp3) is 0.600. The first-order chi connectivity index (χ1) is 9.67. The van der Waals surface area contributed by atoms with Gasteiger partial charge in [0.15, 0.2) is 0 Å². The average molecular weight is 276 g/mol. The van der Waals surface area contributed by atoms with Gasteiger partial charge in [-0.1, -0.05) is 6.92 Å². The maximum absolute atomic E-state index is 11.2. The number of fused-ring (bicyclic) bond motifs is 2. The molecule has 2 aliphatic heterocycles. The maximum Gasteiger partial charge on any atom is 0.407 e. The molecule has 0 radical (unpaired) electrons. The Balaban J connectivity index is 1.67. The molecule has 20 heavy (non-hydrogen) atoms. The van der Waals surface area contributed by atoms with Crippen LogP contribution in [0.3, 0.4) is 0 Å². The minimum atomic E-state index is -0.790. The van der Waals surface area contributed by atoms with E-state index in [2.05, 4.69) is 11.9 Å². The van der Waals surface area contributed by atoms with Gasteiger partial charge in [-0.15, -0.1) is 0 Å². The number of carboxylic acid groups (broad SMARTS) is 1. The molecule has 5 nitrogen and oxygen atoms in total. The zero-order valence-corrected chi connectivity index (χ0v) is 11.7. The molecule has 1 aromatic rings. The molecule has 1 aromatic heterocycles. The predicted octanol–water partition coefficient (Wildman–Crippen LogP) is 2.70. The smallest absolute Gasteiger partial charge is 0.407 e. The summed E-state index contributed by atoms with van der Waals surface area (Å²) in [5.41, 5.74) is 1.21. The summed E-state index contributed by atoms with van der Waals surface area (Å²) in [6, 6.07) is 4.20. The van der Waals surface area contributed by atoms with Gasteiger partial charge >= 0.3 is 6.09 Å². The molecule has 2 aliphatic rings. The monoisotopic (exact) mass is 276 g/mol. The summed E-state index contributed by atoms with van der Waals surface area (Å²) in [7, 11) is 0. The summed E-state index contributed by atoms with van der Waals surface area (Å²) in [6.07, 6.45) is 5.50. The van der Waals surface area contributed by atoms with E-state index < -0.39 is 6.09 Å². The molecule has 1 amide bonds. The second kappa shape index (κ2) is 5.31. The summed E-state index contributed by atoms with van der Waals surface area (Å²) in [6.45, 7) is 2.10. The van der Waals surface area contributed by atoms with Gasteiger partial charge in [0, 0.05) is 37.2 Å². The standard InChI is InChI=1S/C15H20N2O3/c1-2-10-5-6-16-14(7-10)20-13-8-11-3-4-12(9-13)17(11)15(18)19/h5-7,11-13H,2-4,8-9H2,1H3,(H,18,19)/t11-,12+,13?. The number of ether oxygens (including phenoxy) is 1. The highest BCUT2D eigenvalue weighted by Crippen LogP contribution is 2.37. The Hall–Kier alpha value is -1.78. The van der Waals surface area contributed by atoms with E-state index in [1.54, 1.807) is 11.1 Å². The molecule has 3 rings (SSSR count). The second-order valence-electron chi connectivity index (χ2n) is 5.64. The maximum atomic E-state index is 11.2. The quantitative estimate of drug-likeness (QED) is 0.922. The zero-order chi connectivity index (χ0) is 14.1. The lowest BCUT2D eigenvalue weighted by molar-refractivity contribution is 0.0476. The van der Waals surface area contributed by atoms with Crippen molar-refractivity contribution in [1.82, 2.24) is 9.88 Å². The first-order valence-electron chi connectivity index (χ1n) is 7.30. The van der Waals surface area contributed by atoms with E-state index >= 15 is 0 Å². The van der Waals surface area contributed by atoms with Crippen molar-refractivity contribution in [2.45, 2.75) is 57.2 Å². The average Bonchev–Trinajstić information content (AvgIpc) is 2.71. The molecule has 0 aromatic carbocycles. The van der Waals surface area contributed by atoms with Crippen molar-refractivity contribution in [3.8, 4) is 5.88 Å². The molecule has 3 heterocycles. The van der Waals surface area contributed by atoms with Crippen LogP contribution in [0.5, 0.6) is 5.88 Å². The van der Waals surface area contributed by atoms with E-state index in [0.717, 1.165) is 32.1 Å².